The monoisotopic (exact) mass is 910 g/mol. The zero-order valence-corrected chi connectivity index (χ0v) is 34.5. The average Bonchev–Trinajstić information content (AvgIpc) is 3.89. The number of thioether (sulfide) groups is 1. The molecule has 0 bridgehead atoms. The van der Waals surface area contributed by atoms with E-state index in [4.69, 9.17) is 23.8 Å². The maximum absolute atomic E-state index is 13.8. The molecule has 0 spiro atoms. The van der Waals surface area contributed by atoms with Gasteiger partial charge in [-0.2, -0.15) is 24.9 Å². The molecule has 6 rings (SSSR count). The van der Waals surface area contributed by atoms with Crippen LogP contribution in [0, 0.1) is 0 Å². The number of aromatic hydroxyl groups is 1. The number of ether oxygens (including phenoxy) is 4. The summed E-state index contributed by atoms with van der Waals surface area (Å²) in [5.74, 6) is -0.777. The van der Waals surface area contributed by atoms with Gasteiger partial charge in [-0.15, -0.1) is 10.2 Å². The van der Waals surface area contributed by atoms with E-state index in [0.717, 1.165) is 49.4 Å². The number of amides is 3. The Morgan fingerprint density at radius 3 is 2.43 bits per heavy atom. The number of fused-ring (bicyclic) bond motifs is 1. The largest absolute Gasteiger partial charge is 0.508 e. The maximum Gasteiger partial charge on any atom is 0.442 e. The van der Waals surface area contributed by atoms with E-state index in [-0.39, 0.29) is 86.3 Å². The van der Waals surface area contributed by atoms with Crippen molar-refractivity contribution < 1.29 is 76.9 Å². The number of nitrogens with one attached hydrogen (secondary N) is 3. The highest BCUT2D eigenvalue weighted by Crippen LogP contribution is 2.53. The molecule has 4 aliphatic rings. The highest BCUT2D eigenvalue weighted by atomic mass is 32.2. The summed E-state index contributed by atoms with van der Waals surface area (Å²) in [6, 6.07) is 9.23. The number of urea groups is 1. The number of unbranched alkanes of at least 4 members (excludes halogenated alkanes) is 1. The number of hydrogen-bond donors (Lipinski definition) is 8. The number of carbonyl (C=O) groups excluding carboxylic acids is 2. The van der Waals surface area contributed by atoms with Crippen LogP contribution in [0.4, 0.5) is 18.0 Å². The second-order valence-corrected chi connectivity index (χ2v) is 16.3. The van der Waals surface area contributed by atoms with Crippen molar-refractivity contribution in [3.05, 3.63) is 64.7 Å². The van der Waals surface area contributed by atoms with Crippen LogP contribution in [0.15, 0.2) is 63.4 Å². The molecule has 0 saturated carbocycles. The van der Waals surface area contributed by atoms with Crippen LogP contribution in [0.3, 0.4) is 0 Å². The van der Waals surface area contributed by atoms with Crippen LogP contribution in [-0.2, 0) is 40.9 Å². The minimum atomic E-state index is -4.80. The predicted octanol–water partition coefficient (Wildman–Crippen LogP) is 2.35. The lowest BCUT2D eigenvalue weighted by Gasteiger charge is -2.39. The van der Waals surface area contributed by atoms with E-state index < -0.39 is 53.9 Å². The number of nitrogens with zero attached hydrogens (tertiary/aromatic N) is 3. The molecular formula is C40H49F3N6O13S. The molecule has 2 aromatic carbocycles. The van der Waals surface area contributed by atoms with Crippen molar-refractivity contribution in [2.45, 2.75) is 92.0 Å². The second kappa shape index (κ2) is 21.6. The van der Waals surface area contributed by atoms with Gasteiger partial charge in [-0.25, -0.2) is 9.59 Å². The highest BCUT2D eigenvalue weighted by Gasteiger charge is 2.65. The molecule has 23 heteroatoms. The number of benzene rings is 2. The number of aliphatic carboxylic acids is 1. The molecule has 3 fully saturated rings. The number of carboxylic acid groups (broad SMARTS) is 1. The zero-order chi connectivity index (χ0) is 45.1. The number of rotatable bonds is 23. The lowest BCUT2D eigenvalue weighted by atomic mass is 9.90. The number of aliphatic hydroxyl groups excluding tert-OH is 3. The molecule has 4 aliphatic heterocycles. The van der Waals surface area contributed by atoms with Crippen LogP contribution < -0.4 is 20.7 Å². The van der Waals surface area contributed by atoms with Crippen molar-refractivity contribution in [2.75, 3.05) is 45.3 Å². The van der Waals surface area contributed by atoms with Gasteiger partial charge in [0.15, 0.2) is 0 Å². The Morgan fingerprint density at radius 2 is 1.71 bits per heavy atom. The van der Waals surface area contributed by atoms with E-state index >= 15 is 0 Å². The van der Waals surface area contributed by atoms with Crippen molar-refractivity contribution in [1.82, 2.24) is 16.0 Å². The number of carbonyl (C=O) groups is 3. The number of hydrogen-bond acceptors (Lipinski definition) is 16. The molecule has 2 aromatic rings. The number of halogens is 3. The standard InChI is InChI=1S/C40H49F3N6O13S/c41-40(42,43)39(48-49-39)24-8-7-23(20-61-45-19-29-33(52)34(53)35(54)36(62-29)26(37(55)56)17-22-5-9-25(50)10-6-22)28(18-24)60-16-15-59-14-13-58-12-11-44-31(51)4-2-1-3-30-32-27(21-63-30)46-38(57)47-32/h5-10,17-19,27,29-30,32-36,50,52-54H,1-4,11-16,20-21H2,(H,44,51)(H,55,56)(H2,46,47,57)/b26-17+,45-19-/t27-,29+,30-,32-,33-,34-,35+,36-/m0/s1. The molecule has 0 unspecified atom stereocenters. The van der Waals surface area contributed by atoms with Gasteiger partial charge in [0.1, 0.15) is 55.2 Å². The van der Waals surface area contributed by atoms with E-state index in [0.29, 0.717) is 23.8 Å². The lowest BCUT2D eigenvalue weighted by Crippen LogP contribution is -2.59. The van der Waals surface area contributed by atoms with Gasteiger partial charge in [0.2, 0.25) is 5.91 Å². The summed E-state index contributed by atoms with van der Waals surface area (Å²) < 4.78 is 63.9. The number of carboxylic acids is 1. The summed E-state index contributed by atoms with van der Waals surface area (Å²) in [6.07, 6.45) is -8.39. The van der Waals surface area contributed by atoms with Crippen LogP contribution >= 0.6 is 11.8 Å². The van der Waals surface area contributed by atoms with Crippen LogP contribution in [0.2, 0.25) is 0 Å². The van der Waals surface area contributed by atoms with Crippen molar-refractivity contribution >= 4 is 42.0 Å². The van der Waals surface area contributed by atoms with Crippen molar-refractivity contribution in [3.63, 3.8) is 0 Å². The first-order valence-electron chi connectivity index (χ1n) is 20.1. The third kappa shape index (κ3) is 12.4. The summed E-state index contributed by atoms with van der Waals surface area (Å²) in [6.45, 7) is 0.495. The topological polar surface area (TPSA) is 272 Å². The molecular weight excluding hydrogens is 862 g/mol. The summed E-state index contributed by atoms with van der Waals surface area (Å²) >= 11 is 1.84. The Morgan fingerprint density at radius 1 is 0.984 bits per heavy atom. The van der Waals surface area contributed by atoms with Gasteiger partial charge in [-0.1, -0.05) is 35.8 Å². The molecule has 0 aliphatic carbocycles. The van der Waals surface area contributed by atoms with E-state index in [1.54, 1.807) is 0 Å². The van der Waals surface area contributed by atoms with Crippen LogP contribution in [-0.4, -0.2) is 149 Å². The van der Waals surface area contributed by atoms with Gasteiger partial charge in [0.05, 0.1) is 50.3 Å². The minimum Gasteiger partial charge on any atom is -0.508 e. The first kappa shape index (κ1) is 47.4. The molecule has 8 atom stereocenters. The van der Waals surface area contributed by atoms with Crippen LogP contribution in [0.5, 0.6) is 11.5 Å². The maximum atomic E-state index is 13.8. The second-order valence-electron chi connectivity index (χ2n) is 15.0. The SMILES string of the molecule is O=C(CCCC[C@@H]1SC[C@@H]2NC(=O)N[C@@H]21)NCCOCCOCCOc1cc(C2(C(F)(F)F)N=N2)ccc1CO/N=C\[C@H]1O[C@@H](/C(=C\c2ccc(O)cc2)C(=O)O)[C@H](O)[C@@H](O)[C@H]1O. The molecule has 0 aromatic heterocycles. The fourth-order valence-corrected chi connectivity index (χ4v) is 8.68. The normalized spacial score (nSPS) is 26.3. The van der Waals surface area contributed by atoms with Gasteiger partial charge in [-0.05, 0) is 42.7 Å². The van der Waals surface area contributed by atoms with Gasteiger partial charge >= 0.3 is 23.8 Å². The fourth-order valence-electron chi connectivity index (χ4n) is 7.14. The van der Waals surface area contributed by atoms with Crippen molar-refractivity contribution in [3.8, 4) is 11.5 Å². The number of alkyl halides is 3. The van der Waals surface area contributed by atoms with E-state index in [2.05, 4.69) is 31.3 Å². The fraction of sp³-hybridized carbons (Fsp3) is 0.550. The molecule has 63 heavy (non-hydrogen) atoms. The summed E-state index contributed by atoms with van der Waals surface area (Å²) in [7, 11) is 0. The highest BCUT2D eigenvalue weighted by molar-refractivity contribution is 8.00. The third-order valence-electron chi connectivity index (χ3n) is 10.6. The molecule has 3 amide bonds. The third-order valence-corrected chi connectivity index (χ3v) is 12.1. The van der Waals surface area contributed by atoms with Gasteiger partial charge < -0.3 is 65.3 Å². The van der Waals surface area contributed by atoms with E-state index in [1.165, 1.54) is 30.3 Å². The number of phenols is 1. The summed E-state index contributed by atoms with van der Waals surface area (Å²) in [4.78, 5) is 41.2. The Balaban J connectivity index is 0.926. The van der Waals surface area contributed by atoms with Crippen molar-refractivity contribution in [2.24, 2.45) is 15.4 Å². The van der Waals surface area contributed by atoms with Crippen LogP contribution in [0.25, 0.3) is 6.08 Å². The van der Waals surface area contributed by atoms with Crippen molar-refractivity contribution in [1.29, 1.82) is 0 Å². The number of phenolic OH excluding ortho intramolecular Hbond substituents is 1. The Labute approximate surface area is 363 Å². The van der Waals surface area contributed by atoms with E-state index in [9.17, 15) is 53.1 Å². The zero-order valence-electron chi connectivity index (χ0n) is 33.7. The van der Waals surface area contributed by atoms with Gasteiger partial charge in [-0.3, -0.25) is 4.79 Å². The predicted molar refractivity (Wildman–Crippen MR) is 217 cm³/mol. The van der Waals surface area contributed by atoms with Crippen LogP contribution in [0.1, 0.15) is 42.4 Å². The molecule has 0 radical (unpaired) electrons. The molecule has 8 N–H and O–H groups in total. The molecule has 344 valence electrons. The number of aliphatic hydroxyl groups is 3. The van der Waals surface area contributed by atoms with Gasteiger partial charge in [0, 0.05) is 35.1 Å². The summed E-state index contributed by atoms with van der Waals surface area (Å²) in [5.41, 5.74) is -2.93. The summed E-state index contributed by atoms with van der Waals surface area (Å²) in [5, 5.41) is 70.4. The molecule has 19 nitrogen and oxygen atoms in total. The first-order valence-corrected chi connectivity index (χ1v) is 21.2. The Hall–Kier alpha value is -5.04. The average molecular weight is 911 g/mol. The van der Waals surface area contributed by atoms with E-state index in [1.807, 2.05) is 11.8 Å². The number of oxime groups is 1. The first-order chi connectivity index (χ1) is 30.2. The quantitative estimate of drug-likeness (QED) is 0.0262. The lowest BCUT2D eigenvalue weighted by molar-refractivity contribution is -0.194. The Kier molecular flexibility index (Phi) is 16.2. The van der Waals surface area contributed by atoms with Gasteiger partial charge in [0.25, 0.3) is 0 Å². The molecule has 4 heterocycles. The Bertz CT molecular complexity index is 1990. The minimum absolute atomic E-state index is 0.0251. The smallest absolute Gasteiger partial charge is 0.442 e. The molecule has 3 saturated heterocycles.